The number of nitrogens with one attached hydrogen (secondary N) is 2. The molecule has 1 aromatic carbocycles. The van der Waals surface area contributed by atoms with E-state index in [1.165, 1.54) is 31.9 Å². The van der Waals surface area contributed by atoms with E-state index in [4.69, 9.17) is 0 Å². The summed E-state index contributed by atoms with van der Waals surface area (Å²) in [6.07, 6.45) is 8.58. The highest BCUT2D eigenvalue weighted by Gasteiger charge is 2.18. The molecule has 5 heteroatoms. The predicted molar refractivity (Wildman–Crippen MR) is 89.2 cm³/mol. The Hall–Kier alpha value is -1.23. The average molecular weight is 310 g/mol. The van der Waals surface area contributed by atoms with E-state index in [0.29, 0.717) is 11.7 Å². The Balaban J connectivity index is 2.05. The number of anilines is 2. The molecule has 0 heterocycles. The van der Waals surface area contributed by atoms with Crippen LogP contribution in [-0.4, -0.2) is 20.7 Å². The van der Waals surface area contributed by atoms with Gasteiger partial charge < -0.3 is 5.32 Å². The molecular weight excluding hydrogens is 284 g/mol. The van der Waals surface area contributed by atoms with Crippen molar-refractivity contribution >= 4 is 21.4 Å². The molecule has 0 bridgehead atoms. The Morgan fingerprint density at radius 3 is 2.48 bits per heavy atom. The Labute approximate surface area is 128 Å². The summed E-state index contributed by atoms with van der Waals surface area (Å²) >= 11 is 0. The van der Waals surface area contributed by atoms with Crippen LogP contribution < -0.4 is 10.0 Å². The molecule has 1 aromatic rings. The lowest BCUT2D eigenvalue weighted by Crippen LogP contribution is -2.20. The van der Waals surface area contributed by atoms with E-state index in [9.17, 15) is 8.42 Å². The number of rotatable bonds is 5. The third-order valence-corrected chi connectivity index (χ3v) is 4.84. The van der Waals surface area contributed by atoms with Crippen molar-refractivity contribution in [3.05, 3.63) is 24.3 Å². The normalized spacial score (nSPS) is 23.3. The van der Waals surface area contributed by atoms with Crippen LogP contribution in [0.4, 0.5) is 11.4 Å². The molecule has 2 N–H and O–H groups in total. The van der Waals surface area contributed by atoms with Gasteiger partial charge in [-0.25, -0.2) is 8.42 Å². The van der Waals surface area contributed by atoms with Gasteiger partial charge in [0.05, 0.1) is 17.6 Å². The van der Waals surface area contributed by atoms with Crippen LogP contribution >= 0.6 is 0 Å². The molecule has 2 atom stereocenters. The van der Waals surface area contributed by atoms with Crippen LogP contribution in [0.1, 0.15) is 45.4 Å². The van der Waals surface area contributed by atoms with Crippen molar-refractivity contribution in [3.63, 3.8) is 0 Å². The van der Waals surface area contributed by atoms with Gasteiger partial charge in [0.25, 0.3) is 0 Å². The molecule has 0 aromatic heterocycles. The lowest BCUT2D eigenvalue weighted by molar-refractivity contribution is 0.444. The third-order valence-electron chi connectivity index (χ3n) is 4.25. The summed E-state index contributed by atoms with van der Waals surface area (Å²) in [5.74, 6) is 0.848. The van der Waals surface area contributed by atoms with Gasteiger partial charge in [-0.3, -0.25) is 4.72 Å². The van der Waals surface area contributed by atoms with E-state index in [1.807, 2.05) is 18.2 Å². The summed E-state index contributed by atoms with van der Waals surface area (Å²) in [6.45, 7) is 2.27. The highest BCUT2D eigenvalue weighted by Crippen LogP contribution is 2.29. The van der Waals surface area contributed by atoms with Crippen LogP contribution in [0.5, 0.6) is 0 Å². The second kappa shape index (κ2) is 7.16. The standard InChI is InChI=1S/C16H26N2O2S/c1-3-13-7-6-8-14(12-11-13)17-15-9-4-5-10-16(15)18-21(2,19)20/h4-5,9-10,13-14,17-18H,3,6-8,11-12H2,1-2H3. The zero-order chi connectivity index (χ0) is 15.3. The maximum absolute atomic E-state index is 11.4. The van der Waals surface area contributed by atoms with Crippen molar-refractivity contribution in [1.82, 2.24) is 0 Å². The van der Waals surface area contributed by atoms with Crippen molar-refractivity contribution in [3.8, 4) is 0 Å². The number of sulfonamides is 1. The SMILES string of the molecule is CCC1CCCC(Nc2ccccc2NS(C)(=O)=O)CC1. The van der Waals surface area contributed by atoms with Crippen LogP contribution in [0.3, 0.4) is 0 Å². The maximum Gasteiger partial charge on any atom is 0.229 e. The van der Waals surface area contributed by atoms with Gasteiger partial charge >= 0.3 is 0 Å². The van der Waals surface area contributed by atoms with Crippen molar-refractivity contribution in [2.45, 2.75) is 51.5 Å². The Morgan fingerprint density at radius 1 is 1.10 bits per heavy atom. The van der Waals surface area contributed by atoms with E-state index >= 15 is 0 Å². The fraction of sp³-hybridized carbons (Fsp3) is 0.625. The summed E-state index contributed by atoms with van der Waals surface area (Å²) in [5.41, 5.74) is 1.51. The lowest BCUT2D eigenvalue weighted by atomic mass is 9.98. The van der Waals surface area contributed by atoms with Crippen LogP contribution in [0.25, 0.3) is 0 Å². The van der Waals surface area contributed by atoms with E-state index in [1.54, 1.807) is 6.07 Å². The molecule has 2 unspecified atom stereocenters. The molecule has 0 aliphatic heterocycles. The molecule has 4 nitrogen and oxygen atoms in total. The molecule has 1 saturated carbocycles. The number of hydrogen-bond acceptors (Lipinski definition) is 3. The van der Waals surface area contributed by atoms with Crippen LogP contribution in [-0.2, 0) is 10.0 Å². The topological polar surface area (TPSA) is 58.2 Å². The van der Waals surface area contributed by atoms with Gasteiger partial charge in [-0.05, 0) is 37.3 Å². The summed E-state index contributed by atoms with van der Waals surface area (Å²) < 4.78 is 25.5. The largest absolute Gasteiger partial charge is 0.381 e. The molecule has 118 valence electrons. The molecule has 0 radical (unpaired) electrons. The Bertz CT molecular complexity index is 557. The summed E-state index contributed by atoms with van der Waals surface area (Å²) in [7, 11) is -3.25. The summed E-state index contributed by atoms with van der Waals surface area (Å²) in [6, 6.07) is 7.95. The minimum atomic E-state index is -3.25. The van der Waals surface area contributed by atoms with Crippen LogP contribution in [0.2, 0.25) is 0 Å². The molecule has 0 saturated heterocycles. The first kappa shape index (κ1) is 16.1. The third kappa shape index (κ3) is 5.23. The molecule has 1 aliphatic rings. The van der Waals surface area contributed by atoms with E-state index in [-0.39, 0.29) is 0 Å². The minimum absolute atomic E-state index is 0.434. The highest BCUT2D eigenvalue weighted by molar-refractivity contribution is 7.92. The second-order valence-electron chi connectivity index (χ2n) is 6.04. The van der Waals surface area contributed by atoms with Gasteiger partial charge in [0.2, 0.25) is 10.0 Å². The minimum Gasteiger partial charge on any atom is -0.381 e. The zero-order valence-electron chi connectivity index (χ0n) is 12.9. The first-order valence-electron chi connectivity index (χ1n) is 7.81. The van der Waals surface area contributed by atoms with E-state index in [0.717, 1.165) is 24.4 Å². The summed E-state index contributed by atoms with van der Waals surface area (Å²) in [5, 5.41) is 3.53. The average Bonchev–Trinajstić information content (AvgIpc) is 2.64. The molecular formula is C16H26N2O2S. The van der Waals surface area contributed by atoms with Crippen LogP contribution in [0.15, 0.2) is 24.3 Å². The van der Waals surface area contributed by atoms with Gasteiger partial charge in [-0.15, -0.1) is 0 Å². The molecule has 0 amide bonds. The smallest absolute Gasteiger partial charge is 0.229 e. The van der Waals surface area contributed by atoms with E-state index in [2.05, 4.69) is 17.0 Å². The first-order valence-corrected chi connectivity index (χ1v) is 9.70. The fourth-order valence-electron chi connectivity index (χ4n) is 3.05. The number of hydrogen-bond donors (Lipinski definition) is 2. The van der Waals surface area contributed by atoms with Crippen molar-refractivity contribution in [2.24, 2.45) is 5.92 Å². The number of benzene rings is 1. The number of para-hydroxylation sites is 2. The van der Waals surface area contributed by atoms with Crippen molar-refractivity contribution in [2.75, 3.05) is 16.3 Å². The Kier molecular flexibility index (Phi) is 5.51. The van der Waals surface area contributed by atoms with Gasteiger partial charge in [0.1, 0.15) is 0 Å². The second-order valence-corrected chi connectivity index (χ2v) is 7.79. The quantitative estimate of drug-likeness (QED) is 0.813. The lowest BCUT2D eigenvalue weighted by Gasteiger charge is -2.20. The molecule has 2 rings (SSSR count). The van der Waals surface area contributed by atoms with Gasteiger partial charge in [0, 0.05) is 6.04 Å². The van der Waals surface area contributed by atoms with E-state index < -0.39 is 10.0 Å². The van der Waals surface area contributed by atoms with Gasteiger partial charge in [0.15, 0.2) is 0 Å². The van der Waals surface area contributed by atoms with Crippen LogP contribution in [0, 0.1) is 5.92 Å². The fourth-order valence-corrected chi connectivity index (χ4v) is 3.63. The first-order chi connectivity index (χ1) is 9.98. The van der Waals surface area contributed by atoms with Gasteiger partial charge in [-0.2, -0.15) is 0 Å². The monoisotopic (exact) mass is 310 g/mol. The Morgan fingerprint density at radius 2 is 1.81 bits per heavy atom. The molecule has 21 heavy (non-hydrogen) atoms. The molecule has 1 fully saturated rings. The van der Waals surface area contributed by atoms with Crippen molar-refractivity contribution in [1.29, 1.82) is 0 Å². The summed E-state index contributed by atoms with van der Waals surface area (Å²) in [4.78, 5) is 0. The van der Waals surface area contributed by atoms with Gasteiger partial charge in [-0.1, -0.05) is 38.3 Å². The zero-order valence-corrected chi connectivity index (χ0v) is 13.7. The predicted octanol–water partition coefficient (Wildman–Crippen LogP) is 3.83. The molecule has 0 spiro atoms. The highest BCUT2D eigenvalue weighted by atomic mass is 32.2. The maximum atomic E-state index is 11.4. The van der Waals surface area contributed by atoms with Crippen molar-refractivity contribution < 1.29 is 8.42 Å². The molecule has 1 aliphatic carbocycles.